The molecule has 6 heteroatoms. The Hall–Kier alpha value is -0.760. The molecule has 2 aromatic heterocycles. The minimum Gasteiger partial charge on any atom is -0.300 e. The van der Waals surface area contributed by atoms with Crippen molar-refractivity contribution in [3.05, 3.63) is 26.5 Å². The van der Waals surface area contributed by atoms with E-state index in [-0.39, 0.29) is 0 Å². The Morgan fingerprint density at radius 1 is 1.25 bits per heavy atom. The van der Waals surface area contributed by atoms with E-state index in [1.807, 2.05) is 0 Å². The fourth-order valence-corrected chi connectivity index (χ4v) is 3.04. The van der Waals surface area contributed by atoms with Crippen LogP contribution in [0.4, 0.5) is 11.1 Å². The highest BCUT2D eigenvalue weighted by molar-refractivity contribution is 14.1. The van der Waals surface area contributed by atoms with Gasteiger partial charge in [-0.1, -0.05) is 0 Å². The second kappa shape index (κ2) is 4.25. The van der Waals surface area contributed by atoms with Gasteiger partial charge in [0, 0.05) is 20.8 Å². The lowest BCUT2D eigenvalue weighted by molar-refractivity contribution is 0.900. The van der Waals surface area contributed by atoms with E-state index in [0.29, 0.717) is 5.95 Å². The lowest BCUT2D eigenvalue weighted by Crippen LogP contribution is -1.96. The van der Waals surface area contributed by atoms with Crippen molar-refractivity contribution in [3.63, 3.8) is 0 Å². The first-order valence-corrected chi connectivity index (χ1v) is 6.94. The molecule has 82 valence electrons. The molecular formula is C10H9IN4S. The molecule has 0 saturated heterocycles. The second-order valence-corrected chi connectivity index (χ2v) is 5.92. The van der Waals surface area contributed by atoms with Gasteiger partial charge in [0.25, 0.3) is 0 Å². The molecule has 0 spiro atoms. The standard InChI is InChI=1S/C10H9IN4S/c11-6-4-12-9(13-5-6)15-10-14-7-2-1-3-8(7)16-10/h4-5H,1-3H2,(H,12,13,14,15). The van der Waals surface area contributed by atoms with E-state index in [1.165, 1.54) is 23.4 Å². The first-order chi connectivity index (χ1) is 7.81. The molecular weight excluding hydrogens is 335 g/mol. The van der Waals surface area contributed by atoms with E-state index in [0.717, 1.165) is 15.1 Å². The summed E-state index contributed by atoms with van der Waals surface area (Å²) in [6, 6.07) is 0. The molecule has 0 bridgehead atoms. The minimum atomic E-state index is 0.618. The van der Waals surface area contributed by atoms with Crippen molar-refractivity contribution < 1.29 is 0 Å². The summed E-state index contributed by atoms with van der Waals surface area (Å²) in [7, 11) is 0. The number of nitrogens with zero attached hydrogens (tertiary/aromatic N) is 3. The third-order valence-corrected chi connectivity index (χ3v) is 4.06. The van der Waals surface area contributed by atoms with Crippen LogP contribution < -0.4 is 5.32 Å². The summed E-state index contributed by atoms with van der Waals surface area (Å²) >= 11 is 3.90. The lowest BCUT2D eigenvalue weighted by Gasteiger charge is -1.99. The SMILES string of the molecule is Ic1cnc(Nc2nc3c(s2)CCC3)nc1. The molecule has 0 radical (unpaired) electrons. The smallest absolute Gasteiger partial charge is 0.228 e. The van der Waals surface area contributed by atoms with Crippen LogP contribution in [0.25, 0.3) is 0 Å². The first-order valence-electron chi connectivity index (χ1n) is 5.04. The molecule has 0 aliphatic heterocycles. The maximum atomic E-state index is 4.53. The highest BCUT2D eigenvalue weighted by atomic mass is 127. The second-order valence-electron chi connectivity index (χ2n) is 3.59. The first kappa shape index (κ1) is 10.4. The van der Waals surface area contributed by atoms with Gasteiger partial charge in [0.05, 0.1) is 5.69 Å². The predicted molar refractivity (Wildman–Crippen MR) is 72.2 cm³/mol. The van der Waals surface area contributed by atoms with Gasteiger partial charge in [-0.2, -0.15) is 0 Å². The Kier molecular flexibility index (Phi) is 2.76. The number of hydrogen-bond donors (Lipinski definition) is 1. The normalized spacial score (nSPS) is 13.8. The zero-order valence-electron chi connectivity index (χ0n) is 8.40. The highest BCUT2D eigenvalue weighted by Gasteiger charge is 2.16. The molecule has 2 heterocycles. The Morgan fingerprint density at radius 3 is 2.81 bits per heavy atom. The molecule has 1 aliphatic carbocycles. The third-order valence-electron chi connectivity index (χ3n) is 2.43. The van der Waals surface area contributed by atoms with Gasteiger partial charge in [-0.3, -0.25) is 0 Å². The van der Waals surface area contributed by atoms with Crippen molar-refractivity contribution in [2.75, 3.05) is 5.32 Å². The molecule has 16 heavy (non-hydrogen) atoms. The molecule has 0 unspecified atom stereocenters. The zero-order valence-corrected chi connectivity index (χ0v) is 11.4. The average molecular weight is 344 g/mol. The zero-order chi connectivity index (χ0) is 11.0. The van der Waals surface area contributed by atoms with Crippen molar-refractivity contribution in [2.45, 2.75) is 19.3 Å². The summed E-state index contributed by atoms with van der Waals surface area (Å²) in [5, 5.41) is 4.05. The van der Waals surface area contributed by atoms with Crippen molar-refractivity contribution in [1.82, 2.24) is 15.0 Å². The van der Waals surface area contributed by atoms with Crippen molar-refractivity contribution >= 4 is 45.0 Å². The van der Waals surface area contributed by atoms with Crippen molar-refractivity contribution in [1.29, 1.82) is 0 Å². The molecule has 0 amide bonds. The van der Waals surface area contributed by atoms with Gasteiger partial charge in [-0.25, -0.2) is 15.0 Å². The molecule has 0 saturated carbocycles. The van der Waals surface area contributed by atoms with Crippen LogP contribution >= 0.6 is 33.9 Å². The van der Waals surface area contributed by atoms with Crippen LogP contribution in [0.3, 0.4) is 0 Å². The van der Waals surface area contributed by atoms with Crippen molar-refractivity contribution in [3.8, 4) is 0 Å². The largest absolute Gasteiger partial charge is 0.300 e. The molecule has 0 aromatic carbocycles. The lowest BCUT2D eigenvalue weighted by atomic mass is 10.4. The number of rotatable bonds is 2. The number of halogens is 1. The summed E-state index contributed by atoms with van der Waals surface area (Å²) in [5.41, 5.74) is 1.25. The van der Waals surface area contributed by atoms with E-state index in [9.17, 15) is 0 Å². The molecule has 0 atom stereocenters. The monoisotopic (exact) mass is 344 g/mol. The van der Waals surface area contributed by atoms with E-state index >= 15 is 0 Å². The minimum absolute atomic E-state index is 0.618. The van der Waals surface area contributed by atoms with E-state index in [4.69, 9.17) is 0 Å². The number of aromatic nitrogens is 3. The van der Waals surface area contributed by atoms with Gasteiger partial charge in [0.2, 0.25) is 5.95 Å². The summed E-state index contributed by atoms with van der Waals surface area (Å²) < 4.78 is 1.03. The summed E-state index contributed by atoms with van der Waals surface area (Å²) in [5.74, 6) is 0.618. The van der Waals surface area contributed by atoms with Crippen LogP contribution in [0.2, 0.25) is 0 Å². The van der Waals surface area contributed by atoms with Gasteiger partial charge in [-0.15, -0.1) is 11.3 Å². The van der Waals surface area contributed by atoms with Gasteiger partial charge in [0.1, 0.15) is 0 Å². The van der Waals surface area contributed by atoms with E-state index in [2.05, 4.69) is 42.9 Å². The molecule has 2 aromatic rings. The maximum absolute atomic E-state index is 4.53. The molecule has 1 aliphatic rings. The highest BCUT2D eigenvalue weighted by Crippen LogP contribution is 2.31. The van der Waals surface area contributed by atoms with Crippen LogP contribution in [-0.4, -0.2) is 15.0 Å². The van der Waals surface area contributed by atoms with Crippen LogP contribution in [0.5, 0.6) is 0 Å². The number of hydrogen-bond acceptors (Lipinski definition) is 5. The number of aryl methyl sites for hydroxylation is 2. The fourth-order valence-electron chi connectivity index (χ4n) is 1.72. The summed E-state index contributed by atoms with van der Waals surface area (Å²) in [6.07, 6.45) is 7.10. The topological polar surface area (TPSA) is 50.7 Å². The molecule has 4 nitrogen and oxygen atoms in total. The summed E-state index contributed by atoms with van der Waals surface area (Å²) in [4.78, 5) is 14.3. The molecule has 1 N–H and O–H groups in total. The number of anilines is 2. The van der Waals surface area contributed by atoms with E-state index in [1.54, 1.807) is 23.7 Å². The number of thiazole rings is 1. The predicted octanol–water partition coefficient (Wildman–Crippen LogP) is 2.77. The number of nitrogens with one attached hydrogen (secondary N) is 1. The number of fused-ring (bicyclic) bond motifs is 1. The average Bonchev–Trinajstić information content (AvgIpc) is 2.81. The Morgan fingerprint density at radius 2 is 2.06 bits per heavy atom. The van der Waals surface area contributed by atoms with E-state index < -0.39 is 0 Å². The van der Waals surface area contributed by atoms with Crippen LogP contribution in [0, 0.1) is 3.57 Å². The maximum Gasteiger partial charge on any atom is 0.228 e. The molecule has 0 fully saturated rings. The van der Waals surface area contributed by atoms with Crippen LogP contribution in [0.1, 0.15) is 17.0 Å². The third kappa shape index (κ3) is 2.03. The Bertz CT molecular complexity index is 487. The summed E-state index contributed by atoms with van der Waals surface area (Å²) in [6.45, 7) is 0. The van der Waals surface area contributed by atoms with Gasteiger partial charge in [0.15, 0.2) is 5.13 Å². The van der Waals surface area contributed by atoms with Gasteiger partial charge in [-0.05, 0) is 41.9 Å². The van der Waals surface area contributed by atoms with Crippen LogP contribution in [0.15, 0.2) is 12.4 Å². The van der Waals surface area contributed by atoms with Crippen molar-refractivity contribution in [2.24, 2.45) is 0 Å². The Labute approximate surface area is 111 Å². The molecule has 3 rings (SSSR count). The van der Waals surface area contributed by atoms with Crippen LogP contribution in [-0.2, 0) is 12.8 Å². The fraction of sp³-hybridized carbons (Fsp3) is 0.300. The quantitative estimate of drug-likeness (QED) is 0.852. The Balaban J connectivity index is 1.81. The van der Waals surface area contributed by atoms with Gasteiger partial charge < -0.3 is 5.32 Å². The van der Waals surface area contributed by atoms with Gasteiger partial charge >= 0.3 is 0 Å².